The summed E-state index contributed by atoms with van der Waals surface area (Å²) in [5, 5.41) is 0. The number of esters is 2. The Kier molecular flexibility index (Phi) is 1.58. The largest absolute Gasteiger partial charge is 0.459 e. The summed E-state index contributed by atoms with van der Waals surface area (Å²) < 4.78 is 15.2. The van der Waals surface area contributed by atoms with Crippen LogP contribution in [0.3, 0.4) is 0 Å². The van der Waals surface area contributed by atoms with Gasteiger partial charge in [0.1, 0.15) is 16.7 Å². The first-order chi connectivity index (χ1) is 7.58. The maximum Gasteiger partial charge on any atom is 0.348 e. The van der Waals surface area contributed by atoms with Crippen LogP contribution in [0, 0.1) is 0 Å². The van der Waals surface area contributed by atoms with E-state index in [2.05, 4.69) is 0 Å². The molecule has 0 spiro atoms. The molecular formula is C11H8O5. The van der Waals surface area contributed by atoms with Gasteiger partial charge in [0.15, 0.2) is 11.3 Å². The molecule has 16 heavy (non-hydrogen) atoms. The molecule has 5 nitrogen and oxygen atoms in total. The zero-order valence-corrected chi connectivity index (χ0v) is 8.70. The minimum absolute atomic E-state index is 0.176. The highest BCUT2D eigenvalue weighted by molar-refractivity contribution is 6.18. The van der Waals surface area contributed by atoms with Crippen LogP contribution in [0.25, 0.3) is 11.2 Å². The van der Waals surface area contributed by atoms with Crippen LogP contribution >= 0.6 is 0 Å². The number of carbonyl (C=O) groups excluding carboxylic acids is 2. The number of carbonyl (C=O) groups is 2. The predicted molar refractivity (Wildman–Crippen MR) is 52.9 cm³/mol. The van der Waals surface area contributed by atoms with Crippen LogP contribution < -0.4 is 4.74 Å². The molecule has 0 unspecified atom stereocenters. The molecule has 1 aliphatic rings. The minimum Gasteiger partial charge on any atom is -0.459 e. The van der Waals surface area contributed by atoms with Gasteiger partial charge in [-0.15, -0.1) is 0 Å². The Labute approximate surface area is 90.3 Å². The summed E-state index contributed by atoms with van der Waals surface area (Å²) in [6.45, 7) is 3.48. The summed E-state index contributed by atoms with van der Waals surface area (Å²) in [7, 11) is 0. The summed E-state index contributed by atoms with van der Waals surface area (Å²) in [4.78, 5) is 23.2. The van der Waals surface area contributed by atoms with Crippen LogP contribution in [-0.2, 0) is 4.74 Å². The van der Waals surface area contributed by atoms with E-state index in [9.17, 15) is 9.59 Å². The molecule has 2 aromatic heterocycles. The Morgan fingerprint density at radius 3 is 2.88 bits per heavy atom. The van der Waals surface area contributed by atoms with Crippen LogP contribution in [0.2, 0.25) is 0 Å². The summed E-state index contributed by atoms with van der Waals surface area (Å²) in [5.74, 6) is -0.718. The van der Waals surface area contributed by atoms with E-state index in [-0.39, 0.29) is 17.2 Å². The van der Waals surface area contributed by atoms with Crippen LogP contribution in [0.5, 0.6) is 5.75 Å². The zero-order valence-electron chi connectivity index (χ0n) is 8.70. The number of fused-ring (bicyclic) bond motifs is 1. The topological polar surface area (TPSA) is 65.7 Å². The van der Waals surface area contributed by atoms with Crippen molar-refractivity contribution in [1.82, 2.24) is 0 Å². The SMILES string of the molecule is CC(C)OC(=O)c1c2c3oc1cc3OC2=O. The smallest absolute Gasteiger partial charge is 0.348 e. The minimum atomic E-state index is -0.552. The molecule has 0 atom stereocenters. The fourth-order valence-corrected chi connectivity index (χ4v) is 1.81. The van der Waals surface area contributed by atoms with E-state index in [0.29, 0.717) is 16.9 Å². The fraction of sp³-hybridized carbons (Fsp3) is 0.273. The average molecular weight is 220 g/mol. The second-order valence-corrected chi connectivity index (χ2v) is 3.90. The summed E-state index contributed by atoms with van der Waals surface area (Å²) in [5.41, 5.74) is 1.06. The highest BCUT2D eigenvalue weighted by Gasteiger charge is 2.38. The molecule has 1 aliphatic heterocycles. The maximum absolute atomic E-state index is 11.7. The summed E-state index contributed by atoms with van der Waals surface area (Å²) in [6.07, 6.45) is -0.244. The summed E-state index contributed by atoms with van der Waals surface area (Å²) >= 11 is 0. The Morgan fingerprint density at radius 1 is 1.44 bits per heavy atom. The third-order valence-electron chi connectivity index (χ3n) is 2.38. The first-order valence-corrected chi connectivity index (χ1v) is 4.90. The van der Waals surface area contributed by atoms with E-state index < -0.39 is 11.9 Å². The molecule has 0 N–H and O–H groups in total. The van der Waals surface area contributed by atoms with Crippen LogP contribution in [0.4, 0.5) is 0 Å². The number of benzene rings is 1. The quantitative estimate of drug-likeness (QED) is 0.724. The lowest BCUT2D eigenvalue weighted by molar-refractivity contribution is 0.0375. The number of rotatable bonds is 2. The van der Waals surface area contributed by atoms with Crippen molar-refractivity contribution in [2.45, 2.75) is 20.0 Å². The Bertz CT molecular complexity index is 592. The zero-order chi connectivity index (χ0) is 11.4. The highest BCUT2D eigenvalue weighted by Crippen LogP contribution is 2.42. The van der Waals surface area contributed by atoms with E-state index in [1.807, 2.05) is 0 Å². The van der Waals surface area contributed by atoms with E-state index in [1.54, 1.807) is 13.8 Å². The lowest BCUT2D eigenvalue weighted by Gasteiger charge is -2.06. The van der Waals surface area contributed by atoms with E-state index >= 15 is 0 Å². The molecule has 82 valence electrons. The van der Waals surface area contributed by atoms with Crippen LogP contribution in [0.1, 0.15) is 34.6 Å². The molecule has 2 bridgehead atoms. The third kappa shape index (κ3) is 0.997. The van der Waals surface area contributed by atoms with Gasteiger partial charge in [-0.2, -0.15) is 0 Å². The molecule has 5 heteroatoms. The lowest BCUT2D eigenvalue weighted by Crippen LogP contribution is -2.14. The Balaban J connectivity index is 2.12. The second-order valence-electron chi connectivity index (χ2n) is 3.90. The second kappa shape index (κ2) is 2.75. The molecule has 0 aromatic carbocycles. The van der Waals surface area contributed by atoms with Crippen molar-refractivity contribution in [3.05, 3.63) is 17.2 Å². The van der Waals surface area contributed by atoms with Gasteiger partial charge in [-0.25, -0.2) is 9.59 Å². The number of ether oxygens (including phenoxy) is 2. The van der Waals surface area contributed by atoms with Crippen molar-refractivity contribution in [3.63, 3.8) is 0 Å². The van der Waals surface area contributed by atoms with E-state index in [1.165, 1.54) is 6.07 Å². The predicted octanol–water partition coefficient (Wildman–Crippen LogP) is 1.97. The van der Waals surface area contributed by atoms with Gasteiger partial charge in [0.25, 0.3) is 0 Å². The molecule has 0 fully saturated rings. The van der Waals surface area contributed by atoms with Crippen molar-refractivity contribution in [1.29, 1.82) is 0 Å². The fourth-order valence-electron chi connectivity index (χ4n) is 1.81. The average Bonchev–Trinajstić information content (AvgIpc) is 2.75. The molecule has 3 heterocycles. The van der Waals surface area contributed by atoms with Gasteiger partial charge in [0, 0.05) is 6.07 Å². The molecule has 0 saturated carbocycles. The molecule has 0 radical (unpaired) electrons. The van der Waals surface area contributed by atoms with Crippen molar-refractivity contribution >= 4 is 23.1 Å². The van der Waals surface area contributed by atoms with Gasteiger partial charge in [0.2, 0.25) is 0 Å². The van der Waals surface area contributed by atoms with Gasteiger partial charge < -0.3 is 13.9 Å². The van der Waals surface area contributed by atoms with Crippen LogP contribution in [-0.4, -0.2) is 18.0 Å². The van der Waals surface area contributed by atoms with Crippen molar-refractivity contribution < 1.29 is 23.5 Å². The highest BCUT2D eigenvalue weighted by atomic mass is 16.6. The van der Waals surface area contributed by atoms with E-state index in [0.717, 1.165) is 0 Å². The summed E-state index contributed by atoms with van der Waals surface area (Å²) in [6, 6.07) is 1.53. The molecule has 0 saturated heterocycles. The van der Waals surface area contributed by atoms with Crippen LogP contribution in [0.15, 0.2) is 10.5 Å². The first-order valence-electron chi connectivity index (χ1n) is 4.90. The molecule has 0 aliphatic carbocycles. The van der Waals surface area contributed by atoms with Gasteiger partial charge in [-0.3, -0.25) is 0 Å². The van der Waals surface area contributed by atoms with E-state index in [4.69, 9.17) is 13.9 Å². The number of hydrogen-bond donors (Lipinski definition) is 0. The molecule has 2 aromatic rings. The van der Waals surface area contributed by atoms with Crippen molar-refractivity contribution in [3.8, 4) is 5.75 Å². The van der Waals surface area contributed by atoms with Gasteiger partial charge in [-0.05, 0) is 13.8 Å². The standard InChI is InChI=1S/C11H8O5/c1-4(2)14-10(12)7-5-3-6-9(15-5)8(7)11(13)16-6/h3-4H,1-2H3. The Hall–Kier alpha value is -2.04. The monoisotopic (exact) mass is 220 g/mol. The third-order valence-corrected chi connectivity index (χ3v) is 2.38. The molecule has 0 amide bonds. The van der Waals surface area contributed by atoms with Gasteiger partial charge in [0.05, 0.1) is 6.10 Å². The number of furan rings is 2. The first kappa shape index (κ1) is 9.21. The van der Waals surface area contributed by atoms with Crippen molar-refractivity contribution in [2.75, 3.05) is 0 Å². The van der Waals surface area contributed by atoms with Gasteiger partial charge >= 0.3 is 11.9 Å². The lowest BCUT2D eigenvalue weighted by atomic mass is 10.1. The molecule has 3 rings (SSSR count). The van der Waals surface area contributed by atoms with Crippen molar-refractivity contribution in [2.24, 2.45) is 0 Å². The maximum atomic E-state index is 11.7. The Morgan fingerprint density at radius 2 is 2.19 bits per heavy atom. The molecular weight excluding hydrogens is 212 g/mol. The number of hydrogen-bond acceptors (Lipinski definition) is 5. The normalized spacial score (nSPS) is 13.8. The van der Waals surface area contributed by atoms with Gasteiger partial charge in [-0.1, -0.05) is 0 Å².